The van der Waals surface area contributed by atoms with E-state index in [0.717, 1.165) is 27.8 Å². The molecule has 3 aromatic carbocycles. The maximum Gasteiger partial charge on any atom is 0.407 e. The zero-order chi connectivity index (χ0) is 27.2. The molecule has 0 spiro atoms. The minimum absolute atomic E-state index is 0.111. The second-order valence-corrected chi connectivity index (χ2v) is 9.03. The van der Waals surface area contributed by atoms with Gasteiger partial charge in [-0.3, -0.25) is 0 Å². The number of alkyl carbamates (subject to hydrolysis) is 1. The molecule has 9 nitrogen and oxygen atoms in total. The van der Waals surface area contributed by atoms with Gasteiger partial charge in [-0.25, -0.2) is 4.79 Å². The van der Waals surface area contributed by atoms with E-state index in [1.165, 1.54) is 0 Å². The van der Waals surface area contributed by atoms with Crippen molar-refractivity contribution < 1.29 is 38.0 Å². The number of hydrogen-bond donors (Lipinski definition) is 1. The number of rotatable bonds is 10. The molecule has 2 aliphatic rings. The van der Waals surface area contributed by atoms with Gasteiger partial charge in [0.1, 0.15) is 13.4 Å². The van der Waals surface area contributed by atoms with Crippen molar-refractivity contribution in [3.05, 3.63) is 88.5 Å². The average molecular weight is 534 g/mol. The first-order valence-electron chi connectivity index (χ1n) is 12.5. The molecule has 9 heteroatoms. The minimum atomic E-state index is -0.537. The lowest BCUT2D eigenvalue weighted by atomic mass is 9.79. The number of carbonyl (C=O) groups excluding carboxylic acids is 1. The summed E-state index contributed by atoms with van der Waals surface area (Å²) in [5.74, 6) is 2.14. The Morgan fingerprint density at radius 2 is 1.74 bits per heavy atom. The Morgan fingerprint density at radius 1 is 0.949 bits per heavy atom. The number of fused-ring (bicyclic) bond motifs is 2. The van der Waals surface area contributed by atoms with Crippen LogP contribution in [0.1, 0.15) is 39.8 Å². The number of carbonyl (C=O) groups is 1. The molecule has 5 rings (SSSR count). The number of hydrogen-bond acceptors (Lipinski definition) is 8. The van der Waals surface area contributed by atoms with Gasteiger partial charge in [-0.2, -0.15) is 0 Å². The standard InChI is InChI=1S/C30H31NO8/c1-33-17-36-16-24-21(11-12-25(34-2)29(24)35-3)22-10-9-20-13-26-27(39-18-38-26)14-23(20)28(22)31-30(32)37-15-19-7-5-4-6-8-19/h4-14,22,28H,15-18H2,1-3H3,(H,31,32)/t22-,28+/m1/s1. The monoisotopic (exact) mass is 533 g/mol. The van der Waals surface area contributed by atoms with Gasteiger partial charge in [0.2, 0.25) is 6.79 Å². The van der Waals surface area contributed by atoms with Crippen LogP contribution < -0.4 is 24.3 Å². The van der Waals surface area contributed by atoms with Crippen molar-refractivity contribution in [1.29, 1.82) is 0 Å². The summed E-state index contributed by atoms with van der Waals surface area (Å²) in [7, 11) is 4.74. The Hall–Kier alpha value is -4.21. The summed E-state index contributed by atoms with van der Waals surface area (Å²) < 4.78 is 39.0. The molecule has 2 atom stereocenters. The molecule has 39 heavy (non-hydrogen) atoms. The predicted molar refractivity (Wildman–Crippen MR) is 143 cm³/mol. The van der Waals surface area contributed by atoms with Crippen molar-refractivity contribution in [2.24, 2.45) is 0 Å². The minimum Gasteiger partial charge on any atom is -0.493 e. The molecule has 0 aromatic heterocycles. The Labute approximate surface area is 227 Å². The maximum absolute atomic E-state index is 13.1. The second-order valence-electron chi connectivity index (χ2n) is 9.03. The van der Waals surface area contributed by atoms with Crippen LogP contribution in [0.25, 0.3) is 6.08 Å². The second kappa shape index (κ2) is 12.1. The quantitative estimate of drug-likeness (QED) is 0.276. The van der Waals surface area contributed by atoms with E-state index in [0.29, 0.717) is 23.0 Å². The number of benzene rings is 3. The van der Waals surface area contributed by atoms with Crippen LogP contribution in [-0.2, 0) is 27.4 Å². The van der Waals surface area contributed by atoms with Gasteiger partial charge in [-0.05, 0) is 40.5 Å². The third kappa shape index (κ3) is 5.64. The van der Waals surface area contributed by atoms with E-state index >= 15 is 0 Å². The highest BCUT2D eigenvalue weighted by Crippen LogP contribution is 2.47. The van der Waals surface area contributed by atoms with Crippen molar-refractivity contribution in [3.63, 3.8) is 0 Å². The van der Waals surface area contributed by atoms with E-state index in [-0.39, 0.29) is 32.7 Å². The van der Waals surface area contributed by atoms with E-state index in [4.69, 9.17) is 33.2 Å². The molecule has 1 aliphatic heterocycles. The van der Waals surface area contributed by atoms with Crippen LogP contribution in [0.3, 0.4) is 0 Å². The van der Waals surface area contributed by atoms with Crippen LogP contribution in [-0.4, -0.2) is 41.0 Å². The van der Waals surface area contributed by atoms with Gasteiger partial charge in [0, 0.05) is 18.6 Å². The molecule has 0 radical (unpaired) electrons. The van der Waals surface area contributed by atoms with Crippen LogP contribution >= 0.6 is 0 Å². The third-order valence-electron chi connectivity index (χ3n) is 6.73. The summed E-state index contributed by atoms with van der Waals surface area (Å²) in [4.78, 5) is 13.1. The summed E-state index contributed by atoms with van der Waals surface area (Å²) in [6, 6.07) is 16.7. The Morgan fingerprint density at radius 3 is 2.49 bits per heavy atom. The summed E-state index contributed by atoms with van der Waals surface area (Å²) in [5.41, 5.74) is 4.38. The molecular weight excluding hydrogens is 502 g/mol. The highest BCUT2D eigenvalue weighted by Gasteiger charge is 2.34. The van der Waals surface area contributed by atoms with E-state index in [1.807, 2.05) is 66.7 Å². The van der Waals surface area contributed by atoms with E-state index in [9.17, 15) is 4.79 Å². The molecule has 0 bridgehead atoms. The molecule has 0 saturated heterocycles. The number of amides is 1. The van der Waals surface area contributed by atoms with Crippen LogP contribution in [0, 0.1) is 0 Å². The first-order chi connectivity index (χ1) is 19.1. The fourth-order valence-electron chi connectivity index (χ4n) is 4.94. The van der Waals surface area contributed by atoms with Crippen molar-refractivity contribution in [2.45, 2.75) is 25.2 Å². The third-order valence-corrected chi connectivity index (χ3v) is 6.73. The van der Waals surface area contributed by atoms with Gasteiger partial charge in [0.05, 0.1) is 26.9 Å². The molecule has 1 amide bonds. The van der Waals surface area contributed by atoms with Gasteiger partial charge in [-0.1, -0.05) is 48.6 Å². The van der Waals surface area contributed by atoms with Gasteiger partial charge < -0.3 is 38.5 Å². The van der Waals surface area contributed by atoms with E-state index < -0.39 is 12.1 Å². The van der Waals surface area contributed by atoms with Crippen molar-refractivity contribution in [3.8, 4) is 23.0 Å². The zero-order valence-electron chi connectivity index (χ0n) is 22.1. The smallest absolute Gasteiger partial charge is 0.407 e. The van der Waals surface area contributed by atoms with Gasteiger partial charge in [0.25, 0.3) is 0 Å². The highest BCUT2D eigenvalue weighted by atomic mass is 16.7. The first kappa shape index (κ1) is 26.4. The van der Waals surface area contributed by atoms with Crippen molar-refractivity contribution in [1.82, 2.24) is 5.32 Å². The molecule has 1 aliphatic carbocycles. The lowest BCUT2D eigenvalue weighted by Crippen LogP contribution is -2.34. The predicted octanol–water partition coefficient (Wildman–Crippen LogP) is 5.33. The fourth-order valence-corrected chi connectivity index (χ4v) is 4.94. The van der Waals surface area contributed by atoms with Gasteiger partial charge >= 0.3 is 6.09 Å². The SMILES string of the molecule is COCOCc1c([C@H]2C=Cc3cc4c(cc3[C@H]2NC(=O)OCc2ccccc2)OCO4)ccc(OC)c1OC. The number of nitrogens with one attached hydrogen (secondary N) is 1. The summed E-state index contributed by atoms with van der Waals surface area (Å²) in [6.07, 6.45) is 3.53. The molecule has 1 heterocycles. The average Bonchev–Trinajstić information content (AvgIpc) is 3.43. The van der Waals surface area contributed by atoms with Crippen LogP contribution in [0.5, 0.6) is 23.0 Å². The molecule has 0 fully saturated rings. The molecule has 0 unspecified atom stereocenters. The highest BCUT2D eigenvalue weighted by molar-refractivity contribution is 5.72. The summed E-state index contributed by atoms with van der Waals surface area (Å²) in [6.45, 7) is 0.632. The van der Waals surface area contributed by atoms with Crippen LogP contribution in [0.15, 0.2) is 60.7 Å². The Balaban J connectivity index is 1.52. The fraction of sp³-hybridized carbons (Fsp3) is 0.300. The largest absolute Gasteiger partial charge is 0.493 e. The van der Waals surface area contributed by atoms with Crippen molar-refractivity contribution in [2.75, 3.05) is 34.9 Å². The molecule has 204 valence electrons. The summed E-state index contributed by atoms with van der Waals surface area (Å²) >= 11 is 0. The normalized spacial score (nSPS) is 16.9. The maximum atomic E-state index is 13.1. The van der Waals surface area contributed by atoms with Gasteiger partial charge in [0.15, 0.2) is 23.0 Å². The van der Waals surface area contributed by atoms with Crippen LogP contribution in [0.2, 0.25) is 0 Å². The lowest BCUT2D eigenvalue weighted by molar-refractivity contribution is -0.0398. The number of methoxy groups -OCH3 is 3. The molecule has 0 saturated carbocycles. The van der Waals surface area contributed by atoms with Crippen LogP contribution in [0.4, 0.5) is 4.79 Å². The molecule has 1 N–H and O–H groups in total. The molecular formula is C30H31NO8. The van der Waals surface area contributed by atoms with E-state index in [1.54, 1.807) is 21.3 Å². The molecule has 3 aromatic rings. The topological polar surface area (TPSA) is 93.7 Å². The summed E-state index contributed by atoms with van der Waals surface area (Å²) in [5, 5.41) is 3.10. The Kier molecular flexibility index (Phi) is 8.19. The lowest BCUT2D eigenvalue weighted by Gasteiger charge is -2.32. The van der Waals surface area contributed by atoms with Gasteiger partial charge in [-0.15, -0.1) is 0 Å². The number of ether oxygens (including phenoxy) is 7. The Bertz CT molecular complexity index is 1340. The van der Waals surface area contributed by atoms with E-state index in [2.05, 4.69) is 5.32 Å². The first-order valence-corrected chi connectivity index (χ1v) is 12.5. The zero-order valence-corrected chi connectivity index (χ0v) is 22.1. The van der Waals surface area contributed by atoms with Crippen molar-refractivity contribution >= 4 is 12.2 Å².